The molecule has 84 valence electrons. The number of carbonyl (C=O) groups is 1. The lowest BCUT2D eigenvalue weighted by Gasteiger charge is -2.27. The van der Waals surface area contributed by atoms with Gasteiger partial charge in [-0.1, -0.05) is 0 Å². The lowest BCUT2D eigenvalue weighted by Crippen LogP contribution is -2.39. The van der Waals surface area contributed by atoms with Crippen LogP contribution >= 0.6 is 11.6 Å². The standard InChI is InChI=1S/C10H16ClN3O/c1-10(2,7-11)9(15)14(3)6-8-4-12-13-5-8/h4-5H,6-7H2,1-3H3,(H,12,13). The van der Waals surface area contributed by atoms with Crippen LogP contribution in [0.15, 0.2) is 12.4 Å². The number of amides is 1. The van der Waals surface area contributed by atoms with Crippen molar-refractivity contribution in [2.24, 2.45) is 5.41 Å². The molecule has 0 aliphatic heterocycles. The van der Waals surface area contributed by atoms with Gasteiger partial charge in [-0.3, -0.25) is 9.89 Å². The van der Waals surface area contributed by atoms with E-state index >= 15 is 0 Å². The van der Waals surface area contributed by atoms with E-state index in [4.69, 9.17) is 11.6 Å². The fraction of sp³-hybridized carbons (Fsp3) is 0.600. The largest absolute Gasteiger partial charge is 0.341 e. The van der Waals surface area contributed by atoms with Crippen LogP contribution in [0.4, 0.5) is 0 Å². The molecule has 5 heteroatoms. The number of carbonyl (C=O) groups excluding carboxylic acids is 1. The number of H-pyrrole nitrogens is 1. The number of halogens is 1. The Morgan fingerprint density at radius 1 is 1.67 bits per heavy atom. The molecule has 0 saturated carbocycles. The molecule has 0 atom stereocenters. The smallest absolute Gasteiger partial charge is 0.229 e. The Labute approximate surface area is 94.6 Å². The van der Waals surface area contributed by atoms with Gasteiger partial charge in [0.1, 0.15) is 0 Å². The van der Waals surface area contributed by atoms with Crippen molar-refractivity contribution in [3.05, 3.63) is 18.0 Å². The van der Waals surface area contributed by atoms with Gasteiger partial charge in [-0.2, -0.15) is 5.10 Å². The zero-order valence-corrected chi connectivity index (χ0v) is 10.0. The zero-order chi connectivity index (χ0) is 11.5. The summed E-state index contributed by atoms with van der Waals surface area (Å²) in [6.45, 7) is 4.23. The second-order valence-electron chi connectivity index (χ2n) is 4.29. The van der Waals surface area contributed by atoms with Gasteiger partial charge in [-0.05, 0) is 13.8 Å². The minimum Gasteiger partial charge on any atom is -0.341 e. The molecule has 0 bridgehead atoms. The number of rotatable bonds is 4. The minimum atomic E-state index is -0.514. The van der Waals surface area contributed by atoms with E-state index in [1.54, 1.807) is 24.3 Å². The van der Waals surface area contributed by atoms with Gasteiger partial charge in [0.05, 0.1) is 11.6 Å². The van der Waals surface area contributed by atoms with Crippen molar-refractivity contribution in [3.63, 3.8) is 0 Å². The fourth-order valence-electron chi connectivity index (χ4n) is 1.28. The molecular formula is C10H16ClN3O. The number of nitrogens with zero attached hydrogens (tertiary/aromatic N) is 2. The molecule has 15 heavy (non-hydrogen) atoms. The van der Waals surface area contributed by atoms with Crippen molar-refractivity contribution in [1.29, 1.82) is 0 Å². The first-order valence-corrected chi connectivity index (χ1v) is 5.30. The third-order valence-electron chi connectivity index (χ3n) is 2.23. The van der Waals surface area contributed by atoms with Crippen LogP contribution in [0.25, 0.3) is 0 Å². The van der Waals surface area contributed by atoms with E-state index in [0.717, 1.165) is 5.56 Å². The molecule has 1 rings (SSSR count). The highest BCUT2D eigenvalue weighted by Crippen LogP contribution is 2.20. The van der Waals surface area contributed by atoms with Gasteiger partial charge in [-0.25, -0.2) is 0 Å². The van der Waals surface area contributed by atoms with Crippen molar-refractivity contribution in [1.82, 2.24) is 15.1 Å². The maximum atomic E-state index is 11.9. The van der Waals surface area contributed by atoms with E-state index in [2.05, 4.69) is 10.2 Å². The SMILES string of the molecule is CN(Cc1cn[nH]c1)C(=O)C(C)(C)CCl. The molecule has 0 aliphatic carbocycles. The molecule has 0 fully saturated rings. The molecule has 1 amide bonds. The maximum Gasteiger partial charge on any atom is 0.229 e. The van der Waals surface area contributed by atoms with Crippen LogP contribution in [0.5, 0.6) is 0 Å². The first-order valence-electron chi connectivity index (χ1n) is 4.76. The van der Waals surface area contributed by atoms with E-state index in [1.807, 2.05) is 13.8 Å². The highest BCUT2D eigenvalue weighted by molar-refractivity contribution is 6.19. The van der Waals surface area contributed by atoms with E-state index < -0.39 is 5.41 Å². The molecule has 4 nitrogen and oxygen atoms in total. The Bertz CT molecular complexity index is 321. The highest BCUT2D eigenvalue weighted by Gasteiger charge is 2.29. The zero-order valence-electron chi connectivity index (χ0n) is 9.25. The van der Waals surface area contributed by atoms with Crippen LogP contribution in [-0.4, -0.2) is 33.9 Å². The van der Waals surface area contributed by atoms with Crippen LogP contribution in [0.3, 0.4) is 0 Å². The summed E-state index contributed by atoms with van der Waals surface area (Å²) in [5.41, 5.74) is 0.469. The molecule has 1 aromatic rings. The first kappa shape index (κ1) is 12.0. The quantitative estimate of drug-likeness (QED) is 0.798. The summed E-state index contributed by atoms with van der Waals surface area (Å²) in [5, 5.41) is 6.54. The predicted octanol–water partition coefficient (Wildman–Crippen LogP) is 1.63. The Morgan fingerprint density at radius 3 is 2.80 bits per heavy atom. The summed E-state index contributed by atoms with van der Waals surface area (Å²) in [6.07, 6.45) is 3.48. The van der Waals surface area contributed by atoms with Gasteiger partial charge >= 0.3 is 0 Å². The van der Waals surface area contributed by atoms with Crippen molar-refractivity contribution >= 4 is 17.5 Å². The topological polar surface area (TPSA) is 49.0 Å². The minimum absolute atomic E-state index is 0.0405. The summed E-state index contributed by atoms with van der Waals surface area (Å²) in [5.74, 6) is 0.361. The van der Waals surface area contributed by atoms with Crippen LogP contribution in [0, 0.1) is 5.41 Å². The van der Waals surface area contributed by atoms with Gasteiger partial charge in [0.15, 0.2) is 0 Å². The average molecular weight is 230 g/mol. The van der Waals surface area contributed by atoms with Crippen LogP contribution < -0.4 is 0 Å². The Morgan fingerprint density at radius 2 is 2.33 bits per heavy atom. The summed E-state index contributed by atoms with van der Waals surface area (Å²) >= 11 is 5.75. The molecule has 0 spiro atoms. The van der Waals surface area contributed by atoms with E-state index in [-0.39, 0.29) is 5.91 Å². The molecule has 1 aromatic heterocycles. The summed E-state index contributed by atoms with van der Waals surface area (Å²) in [4.78, 5) is 13.6. The second kappa shape index (κ2) is 4.66. The Balaban J connectivity index is 2.61. The fourth-order valence-corrected chi connectivity index (χ4v) is 1.40. The van der Waals surface area contributed by atoms with Gasteiger partial charge in [0.2, 0.25) is 5.91 Å². The van der Waals surface area contributed by atoms with Gasteiger partial charge in [-0.15, -0.1) is 11.6 Å². The van der Waals surface area contributed by atoms with Gasteiger partial charge in [0.25, 0.3) is 0 Å². The first-order chi connectivity index (χ1) is 6.97. The summed E-state index contributed by atoms with van der Waals surface area (Å²) in [7, 11) is 1.77. The van der Waals surface area contributed by atoms with E-state index in [9.17, 15) is 4.79 Å². The second-order valence-corrected chi connectivity index (χ2v) is 4.55. The number of alkyl halides is 1. The molecule has 0 saturated heterocycles. The number of nitrogens with one attached hydrogen (secondary N) is 1. The van der Waals surface area contributed by atoms with Crippen LogP contribution in [-0.2, 0) is 11.3 Å². The average Bonchev–Trinajstić information content (AvgIpc) is 2.69. The van der Waals surface area contributed by atoms with Gasteiger partial charge < -0.3 is 4.90 Å². The molecular weight excluding hydrogens is 214 g/mol. The molecule has 1 N–H and O–H groups in total. The van der Waals surface area contributed by atoms with Crippen LogP contribution in [0.1, 0.15) is 19.4 Å². The lowest BCUT2D eigenvalue weighted by atomic mass is 9.94. The van der Waals surface area contributed by atoms with E-state index in [1.165, 1.54) is 0 Å². The van der Waals surface area contributed by atoms with Gasteiger partial charge in [0, 0.05) is 31.2 Å². The number of aromatic amines is 1. The molecule has 1 heterocycles. The molecule has 0 aromatic carbocycles. The van der Waals surface area contributed by atoms with Crippen molar-refractivity contribution in [2.75, 3.05) is 12.9 Å². The predicted molar refractivity (Wildman–Crippen MR) is 59.6 cm³/mol. The maximum absolute atomic E-state index is 11.9. The number of hydrogen-bond acceptors (Lipinski definition) is 2. The van der Waals surface area contributed by atoms with Crippen LogP contribution in [0.2, 0.25) is 0 Å². The molecule has 0 aliphatic rings. The Kier molecular flexibility index (Phi) is 3.74. The molecule has 0 unspecified atom stereocenters. The number of aromatic nitrogens is 2. The highest BCUT2D eigenvalue weighted by atomic mass is 35.5. The van der Waals surface area contributed by atoms with Crippen molar-refractivity contribution in [2.45, 2.75) is 20.4 Å². The van der Waals surface area contributed by atoms with E-state index in [0.29, 0.717) is 12.4 Å². The monoisotopic (exact) mass is 229 g/mol. The third-order valence-corrected chi connectivity index (χ3v) is 2.90. The molecule has 0 radical (unpaired) electrons. The van der Waals surface area contributed by atoms with Crippen molar-refractivity contribution in [3.8, 4) is 0 Å². The number of hydrogen-bond donors (Lipinski definition) is 1. The summed E-state index contributed by atoms with van der Waals surface area (Å²) < 4.78 is 0. The summed E-state index contributed by atoms with van der Waals surface area (Å²) in [6, 6.07) is 0. The lowest BCUT2D eigenvalue weighted by molar-refractivity contribution is -0.138. The third kappa shape index (κ3) is 2.96. The van der Waals surface area contributed by atoms with Crippen molar-refractivity contribution < 1.29 is 4.79 Å². The normalized spacial score (nSPS) is 11.5. The Hall–Kier alpha value is -1.03.